The molecule has 8 nitrogen and oxygen atoms in total. The van der Waals surface area contributed by atoms with Gasteiger partial charge in [0.15, 0.2) is 0 Å². The van der Waals surface area contributed by atoms with Gasteiger partial charge < -0.3 is 15.1 Å². The number of rotatable bonds is 4. The van der Waals surface area contributed by atoms with Gasteiger partial charge in [-0.25, -0.2) is 4.98 Å². The monoisotopic (exact) mass is 565 g/mol. The number of anilines is 3. The number of aryl methyl sites for hydroxylation is 2. The Bertz CT molecular complexity index is 1510. The zero-order valence-electron chi connectivity index (χ0n) is 23.0. The van der Waals surface area contributed by atoms with Crippen molar-refractivity contribution in [2.24, 2.45) is 11.3 Å². The van der Waals surface area contributed by atoms with Crippen LogP contribution < -0.4 is 20.0 Å². The lowest BCUT2D eigenvalue weighted by Crippen LogP contribution is -2.77. The van der Waals surface area contributed by atoms with Gasteiger partial charge in [-0.1, -0.05) is 12.1 Å². The molecule has 3 heterocycles. The van der Waals surface area contributed by atoms with Crippen molar-refractivity contribution in [2.75, 3.05) is 34.8 Å². The molecule has 2 aromatic rings. The van der Waals surface area contributed by atoms with Crippen LogP contribution in [-0.4, -0.2) is 54.4 Å². The summed E-state index contributed by atoms with van der Waals surface area (Å²) < 4.78 is 40.9. The van der Waals surface area contributed by atoms with Crippen molar-refractivity contribution in [3.05, 3.63) is 47.2 Å². The SMILES string of the molecule is C#CC(=O)NC12CC(CN3C[C@H]4CC(=O)N(c5cc(C(F)(F)F)cc(C)n5)[C@@H]4C(=O)N(C)c4cccc(C)c43)(C1)C2. The normalized spacial score (nSPS) is 28.6. The van der Waals surface area contributed by atoms with Crippen LogP contribution in [0.3, 0.4) is 0 Å². The number of hydrogen-bond donors (Lipinski definition) is 1. The molecule has 41 heavy (non-hydrogen) atoms. The fraction of sp³-hybridized carbons (Fsp3) is 0.467. The Labute approximate surface area is 235 Å². The molecule has 1 N–H and O–H groups in total. The maximum Gasteiger partial charge on any atom is 0.416 e. The highest BCUT2D eigenvalue weighted by Gasteiger charge is 2.68. The summed E-state index contributed by atoms with van der Waals surface area (Å²) in [6, 6.07) is 6.45. The first-order valence-electron chi connectivity index (χ1n) is 13.5. The number of likely N-dealkylation sites (N-methyl/N-ethyl adjacent to an activating group) is 1. The van der Waals surface area contributed by atoms with Gasteiger partial charge in [-0.05, 0) is 68.2 Å². The van der Waals surface area contributed by atoms with Gasteiger partial charge in [0, 0.05) is 43.7 Å². The molecule has 5 aliphatic rings. The van der Waals surface area contributed by atoms with Crippen LogP contribution in [0.4, 0.5) is 30.4 Å². The van der Waals surface area contributed by atoms with Crippen molar-refractivity contribution in [3.63, 3.8) is 0 Å². The number of aromatic nitrogens is 1. The van der Waals surface area contributed by atoms with Crippen molar-refractivity contribution < 1.29 is 27.6 Å². The Hall–Kier alpha value is -4.07. The number of pyridine rings is 1. The Morgan fingerprint density at radius 2 is 1.90 bits per heavy atom. The number of amides is 3. The van der Waals surface area contributed by atoms with Gasteiger partial charge in [-0.2, -0.15) is 13.2 Å². The first kappa shape index (κ1) is 27.1. The lowest BCUT2D eigenvalue weighted by molar-refractivity contribution is -0.157. The summed E-state index contributed by atoms with van der Waals surface area (Å²) in [4.78, 5) is 48.4. The number of terminal acetylenes is 1. The second kappa shape index (κ2) is 8.96. The third-order valence-corrected chi connectivity index (χ3v) is 9.05. The summed E-state index contributed by atoms with van der Waals surface area (Å²) >= 11 is 0. The van der Waals surface area contributed by atoms with E-state index in [-0.39, 0.29) is 34.8 Å². The van der Waals surface area contributed by atoms with E-state index in [1.54, 1.807) is 7.05 Å². The number of alkyl halides is 3. The summed E-state index contributed by atoms with van der Waals surface area (Å²) in [7, 11) is 1.64. The summed E-state index contributed by atoms with van der Waals surface area (Å²) in [5.41, 5.74) is 1.41. The number of hydrogen-bond acceptors (Lipinski definition) is 5. The Morgan fingerprint density at radius 3 is 2.56 bits per heavy atom. The van der Waals surface area contributed by atoms with Gasteiger partial charge in [0.1, 0.15) is 11.9 Å². The number of halogens is 3. The molecular formula is C30H30F3N5O3. The molecule has 2 aliphatic heterocycles. The van der Waals surface area contributed by atoms with Crippen molar-refractivity contribution in [1.82, 2.24) is 10.3 Å². The van der Waals surface area contributed by atoms with Crippen LogP contribution in [0.2, 0.25) is 0 Å². The Kier molecular flexibility index (Phi) is 5.93. The van der Waals surface area contributed by atoms with Gasteiger partial charge >= 0.3 is 6.18 Å². The number of para-hydroxylation sites is 1. The van der Waals surface area contributed by atoms with Crippen LogP contribution >= 0.6 is 0 Å². The van der Waals surface area contributed by atoms with Crippen LogP contribution in [-0.2, 0) is 20.6 Å². The van der Waals surface area contributed by atoms with Gasteiger partial charge in [-0.3, -0.25) is 19.3 Å². The number of carbonyl (C=O) groups is 3. The average molecular weight is 566 g/mol. The smallest absolute Gasteiger partial charge is 0.369 e. The molecule has 214 valence electrons. The Balaban J connectivity index is 1.36. The number of carbonyl (C=O) groups excluding carboxylic acids is 3. The van der Waals surface area contributed by atoms with E-state index in [2.05, 4.69) is 21.1 Å². The maximum atomic E-state index is 14.0. The van der Waals surface area contributed by atoms with Gasteiger partial charge in [-0.15, -0.1) is 6.42 Å². The molecule has 1 aromatic heterocycles. The maximum absolute atomic E-state index is 14.0. The largest absolute Gasteiger partial charge is 0.416 e. The summed E-state index contributed by atoms with van der Waals surface area (Å²) in [6.45, 7) is 4.43. The van der Waals surface area contributed by atoms with Crippen LogP contribution in [0.15, 0.2) is 30.3 Å². The molecule has 0 unspecified atom stereocenters. The third kappa shape index (κ3) is 4.31. The topological polar surface area (TPSA) is 85.9 Å². The van der Waals surface area contributed by atoms with Crippen molar-refractivity contribution in [2.45, 2.75) is 57.3 Å². The first-order valence-corrected chi connectivity index (χ1v) is 13.5. The molecule has 3 aliphatic carbocycles. The van der Waals surface area contributed by atoms with Gasteiger partial charge in [0.05, 0.1) is 16.9 Å². The molecule has 2 atom stereocenters. The molecule has 2 bridgehead atoms. The molecule has 7 rings (SSSR count). The van der Waals surface area contributed by atoms with Crippen LogP contribution in [0.5, 0.6) is 0 Å². The molecule has 1 saturated heterocycles. The van der Waals surface area contributed by atoms with E-state index < -0.39 is 35.5 Å². The summed E-state index contributed by atoms with van der Waals surface area (Å²) in [6.07, 6.45) is 2.98. The molecular weight excluding hydrogens is 535 g/mol. The van der Waals surface area contributed by atoms with E-state index in [0.29, 0.717) is 18.8 Å². The quantitative estimate of drug-likeness (QED) is 0.573. The lowest BCUT2D eigenvalue weighted by Gasteiger charge is -2.71. The molecule has 0 spiro atoms. The molecule has 3 amide bonds. The minimum absolute atomic E-state index is 0.00803. The number of fused-ring (bicyclic) bond motifs is 2. The highest BCUT2D eigenvalue weighted by molar-refractivity contribution is 6.10. The Morgan fingerprint density at radius 1 is 1.20 bits per heavy atom. The second-order valence-electron chi connectivity index (χ2n) is 12.2. The lowest BCUT2D eigenvalue weighted by atomic mass is 9.39. The molecule has 1 aromatic carbocycles. The molecule has 3 saturated carbocycles. The van der Waals surface area contributed by atoms with Crippen LogP contribution in [0, 0.1) is 37.5 Å². The highest BCUT2D eigenvalue weighted by Crippen LogP contribution is 2.67. The molecule has 0 radical (unpaired) electrons. The van der Waals surface area contributed by atoms with E-state index in [9.17, 15) is 27.6 Å². The fourth-order valence-corrected chi connectivity index (χ4v) is 7.63. The van der Waals surface area contributed by atoms with Crippen molar-refractivity contribution >= 4 is 34.9 Å². The minimum atomic E-state index is -4.63. The predicted octanol–water partition coefficient (Wildman–Crippen LogP) is 3.59. The van der Waals surface area contributed by atoms with Gasteiger partial charge in [0.25, 0.3) is 5.91 Å². The fourth-order valence-electron chi connectivity index (χ4n) is 7.63. The zero-order chi connectivity index (χ0) is 29.5. The van der Waals surface area contributed by atoms with E-state index in [4.69, 9.17) is 6.42 Å². The number of nitrogens with zero attached hydrogens (tertiary/aromatic N) is 4. The van der Waals surface area contributed by atoms with E-state index in [0.717, 1.165) is 47.5 Å². The first-order chi connectivity index (χ1) is 19.2. The van der Waals surface area contributed by atoms with Gasteiger partial charge in [0.2, 0.25) is 11.8 Å². The van der Waals surface area contributed by atoms with Crippen molar-refractivity contribution in [3.8, 4) is 12.3 Å². The van der Waals surface area contributed by atoms with Crippen molar-refractivity contribution in [1.29, 1.82) is 0 Å². The second-order valence-corrected chi connectivity index (χ2v) is 12.2. The predicted molar refractivity (Wildman–Crippen MR) is 146 cm³/mol. The van der Waals surface area contributed by atoms with Crippen LogP contribution in [0.1, 0.15) is 42.5 Å². The molecule has 11 heteroatoms. The van der Waals surface area contributed by atoms with E-state index >= 15 is 0 Å². The summed E-state index contributed by atoms with van der Waals surface area (Å²) in [5.74, 6) is 0.254. The number of benzene rings is 1. The number of nitrogens with one attached hydrogen (secondary N) is 1. The van der Waals surface area contributed by atoms with E-state index in [1.165, 1.54) is 11.8 Å². The minimum Gasteiger partial charge on any atom is -0.369 e. The summed E-state index contributed by atoms with van der Waals surface area (Å²) in [5, 5.41) is 2.94. The highest BCUT2D eigenvalue weighted by atomic mass is 19.4. The average Bonchev–Trinajstić information content (AvgIpc) is 3.18. The zero-order valence-corrected chi connectivity index (χ0v) is 23.0. The van der Waals surface area contributed by atoms with Crippen LogP contribution in [0.25, 0.3) is 0 Å². The third-order valence-electron chi connectivity index (χ3n) is 9.05. The standard InChI is InChI=1S/C30H30F3N5O3/c1-5-23(39)35-29-13-28(14-29,15-29)16-37-12-19-10-24(40)38(22-11-20(30(31,32)33)9-18(3)34-22)26(19)27(41)36(4)21-8-6-7-17(2)25(21)37/h1,6-9,11,19,26H,10,12-16H2,2-4H3,(H,35,39)/t19-,26+,28?,29?/m1/s1. The molecule has 4 fully saturated rings. The van der Waals surface area contributed by atoms with E-state index in [1.807, 2.05) is 25.1 Å².